The summed E-state index contributed by atoms with van der Waals surface area (Å²) in [5, 5.41) is 31.2. The summed E-state index contributed by atoms with van der Waals surface area (Å²) in [6, 6.07) is 13.9. The van der Waals surface area contributed by atoms with Crippen LogP contribution >= 0.6 is 0 Å². The van der Waals surface area contributed by atoms with Crippen LogP contribution in [0.3, 0.4) is 0 Å². The van der Waals surface area contributed by atoms with Gasteiger partial charge in [-0.05, 0) is 55.5 Å². The normalized spacial score (nSPS) is 12.2. The Kier molecular flexibility index (Phi) is 5.13. The van der Waals surface area contributed by atoms with Gasteiger partial charge in [-0.1, -0.05) is 0 Å². The van der Waals surface area contributed by atoms with Crippen molar-refractivity contribution < 1.29 is 24.9 Å². The SMILES string of the molecule is CC(c1nc2ccc(O)cc2[nH]1)c1nc2ccc(C(=O)Nc3ccc(O)c(C(=O)O)c3)cc2n1C. The number of aromatic amines is 1. The van der Waals surface area contributed by atoms with Crippen LogP contribution in [0.15, 0.2) is 54.6 Å². The molecule has 3 aromatic carbocycles. The van der Waals surface area contributed by atoms with Gasteiger partial charge in [0.2, 0.25) is 0 Å². The van der Waals surface area contributed by atoms with E-state index in [1.807, 2.05) is 18.5 Å². The number of carbonyl (C=O) groups is 2. The minimum Gasteiger partial charge on any atom is -0.508 e. The molecule has 5 N–H and O–H groups in total. The third-order valence-corrected chi connectivity index (χ3v) is 5.94. The molecule has 0 radical (unpaired) electrons. The Morgan fingerprint density at radius 2 is 1.77 bits per heavy atom. The third kappa shape index (κ3) is 3.90. The highest BCUT2D eigenvalue weighted by Crippen LogP contribution is 2.28. The fourth-order valence-electron chi connectivity index (χ4n) is 4.07. The number of anilines is 1. The summed E-state index contributed by atoms with van der Waals surface area (Å²) in [5.41, 5.74) is 3.23. The van der Waals surface area contributed by atoms with E-state index in [0.29, 0.717) is 16.9 Å². The Balaban J connectivity index is 1.44. The molecule has 0 saturated heterocycles. The number of phenols is 2. The molecule has 0 saturated carbocycles. The van der Waals surface area contributed by atoms with Crippen molar-refractivity contribution in [2.75, 3.05) is 5.32 Å². The lowest BCUT2D eigenvalue weighted by Gasteiger charge is -2.09. The van der Waals surface area contributed by atoms with Crippen LogP contribution in [0, 0.1) is 0 Å². The molecule has 5 aromatic rings. The van der Waals surface area contributed by atoms with Gasteiger partial charge in [0, 0.05) is 24.4 Å². The maximum Gasteiger partial charge on any atom is 0.339 e. The van der Waals surface area contributed by atoms with Gasteiger partial charge in [-0.15, -0.1) is 0 Å². The number of aromatic hydroxyl groups is 2. The van der Waals surface area contributed by atoms with E-state index in [-0.39, 0.29) is 28.7 Å². The van der Waals surface area contributed by atoms with Gasteiger partial charge in [-0.2, -0.15) is 0 Å². The first-order valence-corrected chi connectivity index (χ1v) is 10.7. The first kappa shape index (κ1) is 22.0. The van der Waals surface area contributed by atoms with Crippen molar-refractivity contribution in [1.82, 2.24) is 19.5 Å². The van der Waals surface area contributed by atoms with E-state index in [9.17, 15) is 24.9 Å². The summed E-state index contributed by atoms with van der Waals surface area (Å²) in [6.07, 6.45) is 0. The Hall–Kier alpha value is -4.86. The third-order valence-electron chi connectivity index (χ3n) is 5.94. The van der Waals surface area contributed by atoms with Crippen LogP contribution in [-0.4, -0.2) is 46.7 Å². The van der Waals surface area contributed by atoms with E-state index in [0.717, 1.165) is 22.4 Å². The number of hydrogen-bond acceptors (Lipinski definition) is 6. The molecule has 5 rings (SSSR count). The minimum absolute atomic E-state index is 0.153. The molecule has 176 valence electrons. The van der Waals surface area contributed by atoms with E-state index < -0.39 is 11.9 Å². The molecule has 0 spiro atoms. The molecule has 35 heavy (non-hydrogen) atoms. The summed E-state index contributed by atoms with van der Waals surface area (Å²) in [4.78, 5) is 36.7. The molecule has 1 atom stereocenters. The van der Waals surface area contributed by atoms with Crippen molar-refractivity contribution in [2.24, 2.45) is 7.05 Å². The van der Waals surface area contributed by atoms with Crippen LogP contribution in [-0.2, 0) is 7.05 Å². The lowest BCUT2D eigenvalue weighted by atomic mass is 10.1. The number of nitrogens with one attached hydrogen (secondary N) is 2. The topological polar surface area (TPSA) is 153 Å². The zero-order chi connectivity index (χ0) is 24.9. The molecule has 10 nitrogen and oxygen atoms in total. The summed E-state index contributed by atoms with van der Waals surface area (Å²) in [7, 11) is 1.86. The Labute approximate surface area is 198 Å². The van der Waals surface area contributed by atoms with E-state index >= 15 is 0 Å². The molecule has 2 aromatic heterocycles. The van der Waals surface area contributed by atoms with Gasteiger partial charge in [0.15, 0.2) is 0 Å². The zero-order valence-corrected chi connectivity index (χ0v) is 18.8. The maximum atomic E-state index is 12.8. The smallest absolute Gasteiger partial charge is 0.339 e. The number of aryl methyl sites for hydroxylation is 1. The number of rotatable bonds is 5. The highest BCUT2D eigenvalue weighted by atomic mass is 16.4. The number of benzene rings is 3. The number of carboxylic acids is 1. The molecule has 0 fully saturated rings. The second-order valence-electron chi connectivity index (χ2n) is 8.27. The van der Waals surface area contributed by atoms with E-state index in [2.05, 4.69) is 15.3 Å². The van der Waals surface area contributed by atoms with Crippen molar-refractivity contribution >= 4 is 39.6 Å². The van der Waals surface area contributed by atoms with Gasteiger partial charge in [0.25, 0.3) is 5.91 Å². The van der Waals surface area contributed by atoms with Gasteiger partial charge in [-0.3, -0.25) is 4.79 Å². The molecule has 1 amide bonds. The predicted octanol–water partition coefficient (Wildman–Crippen LogP) is 3.96. The molecule has 1 unspecified atom stereocenters. The molecule has 0 bridgehead atoms. The van der Waals surface area contributed by atoms with Gasteiger partial charge >= 0.3 is 5.97 Å². The summed E-state index contributed by atoms with van der Waals surface area (Å²) >= 11 is 0. The van der Waals surface area contributed by atoms with Crippen LogP contribution in [0.5, 0.6) is 11.5 Å². The molecule has 0 aliphatic rings. The lowest BCUT2D eigenvalue weighted by molar-refractivity contribution is 0.0693. The second-order valence-corrected chi connectivity index (χ2v) is 8.27. The highest BCUT2D eigenvalue weighted by molar-refractivity contribution is 6.06. The van der Waals surface area contributed by atoms with Crippen molar-refractivity contribution in [3.05, 3.63) is 77.4 Å². The van der Waals surface area contributed by atoms with Crippen molar-refractivity contribution in [1.29, 1.82) is 0 Å². The first-order chi connectivity index (χ1) is 16.7. The number of imidazole rings is 2. The van der Waals surface area contributed by atoms with Gasteiger partial charge in [-0.25, -0.2) is 14.8 Å². The fraction of sp³-hybridized carbons (Fsp3) is 0.120. The van der Waals surface area contributed by atoms with Gasteiger partial charge in [0.05, 0.1) is 28.0 Å². The van der Waals surface area contributed by atoms with Crippen LogP contribution in [0.25, 0.3) is 22.1 Å². The zero-order valence-electron chi connectivity index (χ0n) is 18.8. The number of aromatic nitrogens is 4. The Morgan fingerprint density at radius 1 is 1.00 bits per heavy atom. The summed E-state index contributed by atoms with van der Waals surface area (Å²) in [6.45, 7) is 1.97. The number of H-pyrrole nitrogens is 1. The lowest BCUT2D eigenvalue weighted by Crippen LogP contribution is -2.12. The molecular weight excluding hydrogens is 450 g/mol. The Morgan fingerprint density at radius 3 is 2.54 bits per heavy atom. The number of nitrogens with zero attached hydrogens (tertiary/aromatic N) is 3. The first-order valence-electron chi connectivity index (χ1n) is 10.7. The average Bonchev–Trinajstić information content (AvgIpc) is 3.40. The van der Waals surface area contributed by atoms with Crippen LogP contribution < -0.4 is 5.32 Å². The minimum atomic E-state index is -1.29. The number of amides is 1. The number of phenolic OH excluding ortho intramolecular Hbond substituents is 1. The fourth-order valence-corrected chi connectivity index (χ4v) is 4.07. The van der Waals surface area contributed by atoms with E-state index in [1.54, 1.807) is 36.4 Å². The molecule has 0 aliphatic heterocycles. The van der Waals surface area contributed by atoms with E-state index in [1.165, 1.54) is 18.2 Å². The second kappa shape index (κ2) is 8.17. The van der Waals surface area contributed by atoms with E-state index in [4.69, 9.17) is 4.98 Å². The van der Waals surface area contributed by atoms with Crippen molar-refractivity contribution in [3.8, 4) is 11.5 Å². The van der Waals surface area contributed by atoms with Crippen molar-refractivity contribution in [3.63, 3.8) is 0 Å². The standard InChI is InChI=1S/C25H21N5O5/c1-12(22-27-17-7-5-15(31)11-19(17)28-22)23-29-18-6-3-13(9-20(18)30(23)2)24(33)26-14-4-8-21(32)16(10-14)25(34)35/h3-12,31-32H,1-2H3,(H,26,33)(H,27,28)(H,34,35). The van der Waals surface area contributed by atoms with Gasteiger partial charge < -0.3 is 30.2 Å². The number of fused-ring (bicyclic) bond motifs is 2. The molecule has 10 heteroatoms. The largest absolute Gasteiger partial charge is 0.508 e. The maximum absolute atomic E-state index is 12.8. The van der Waals surface area contributed by atoms with Crippen LogP contribution in [0.4, 0.5) is 5.69 Å². The number of carbonyl (C=O) groups excluding carboxylic acids is 1. The summed E-state index contributed by atoms with van der Waals surface area (Å²) in [5.74, 6) is -0.700. The average molecular weight is 471 g/mol. The number of aromatic carboxylic acids is 1. The molecular formula is C25H21N5O5. The van der Waals surface area contributed by atoms with Crippen LogP contribution in [0.2, 0.25) is 0 Å². The molecule has 0 aliphatic carbocycles. The van der Waals surface area contributed by atoms with Crippen LogP contribution in [0.1, 0.15) is 45.2 Å². The number of hydrogen-bond donors (Lipinski definition) is 5. The van der Waals surface area contributed by atoms with Gasteiger partial charge in [0.1, 0.15) is 28.7 Å². The number of carboxylic acid groups (broad SMARTS) is 1. The highest BCUT2D eigenvalue weighted by Gasteiger charge is 2.21. The predicted molar refractivity (Wildman–Crippen MR) is 129 cm³/mol. The Bertz CT molecular complexity index is 1630. The quantitative estimate of drug-likeness (QED) is 0.243. The monoisotopic (exact) mass is 471 g/mol. The van der Waals surface area contributed by atoms with Crippen molar-refractivity contribution in [2.45, 2.75) is 12.8 Å². The molecule has 2 heterocycles. The summed E-state index contributed by atoms with van der Waals surface area (Å²) < 4.78 is 1.89.